The van der Waals surface area contributed by atoms with Crippen molar-refractivity contribution in [3.63, 3.8) is 0 Å². The van der Waals surface area contributed by atoms with Crippen LogP contribution in [0.1, 0.15) is 17.3 Å². The number of ketones is 1. The quantitative estimate of drug-likeness (QED) is 0.579. The van der Waals surface area contributed by atoms with E-state index in [1.807, 2.05) is 4.90 Å². The lowest BCUT2D eigenvalue weighted by molar-refractivity contribution is 0.101. The van der Waals surface area contributed by atoms with Crippen LogP contribution in [0, 0.1) is 0 Å². The summed E-state index contributed by atoms with van der Waals surface area (Å²) < 4.78 is 0. The topological polar surface area (TPSA) is 53.4 Å². The van der Waals surface area contributed by atoms with Gasteiger partial charge in [0.1, 0.15) is 5.82 Å². The van der Waals surface area contributed by atoms with E-state index >= 15 is 0 Å². The van der Waals surface area contributed by atoms with Crippen LogP contribution in [-0.2, 0) is 0 Å². The fourth-order valence-electron chi connectivity index (χ4n) is 1.39. The minimum atomic E-state index is 0.00574. The fraction of sp³-hybridized carbons (Fsp3) is 0.333. The average Bonchev–Trinajstić information content (AvgIpc) is 2.29. The second-order valence-corrected chi connectivity index (χ2v) is 3.42. The number of rotatable bonds is 6. The first kappa shape index (κ1) is 12.4. The number of nitrogens with zero attached hydrogens (tertiary/aromatic N) is 2. The highest BCUT2D eigenvalue weighted by Gasteiger charge is 2.07. The zero-order chi connectivity index (χ0) is 12.0. The Balaban J connectivity index is 2.94. The number of aliphatic hydroxyl groups is 1. The van der Waals surface area contributed by atoms with E-state index in [-0.39, 0.29) is 12.4 Å². The van der Waals surface area contributed by atoms with Crippen molar-refractivity contribution < 1.29 is 9.90 Å². The molecule has 0 fully saturated rings. The van der Waals surface area contributed by atoms with Crippen molar-refractivity contribution in [1.82, 2.24) is 4.98 Å². The first-order valence-corrected chi connectivity index (χ1v) is 5.12. The molecular weight excluding hydrogens is 204 g/mol. The molecule has 0 aromatic carbocycles. The third-order valence-electron chi connectivity index (χ3n) is 2.20. The van der Waals surface area contributed by atoms with Gasteiger partial charge in [0.15, 0.2) is 5.78 Å². The number of aliphatic hydroxyl groups excluding tert-OH is 1. The lowest BCUT2D eigenvalue weighted by Crippen LogP contribution is -2.27. The first-order chi connectivity index (χ1) is 7.69. The van der Waals surface area contributed by atoms with Crippen LogP contribution in [0.4, 0.5) is 5.82 Å². The van der Waals surface area contributed by atoms with Gasteiger partial charge in [0.05, 0.1) is 6.61 Å². The monoisotopic (exact) mass is 220 g/mol. The Hall–Kier alpha value is -1.68. The summed E-state index contributed by atoms with van der Waals surface area (Å²) in [5.74, 6) is 0.688. The van der Waals surface area contributed by atoms with Crippen molar-refractivity contribution in [1.29, 1.82) is 0 Å². The number of Topliss-reactive ketones (excluding diaryl/α,β-unsaturated/α-hetero) is 1. The molecule has 1 aromatic rings. The highest BCUT2D eigenvalue weighted by molar-refractivity contribution is 5.94. The summed E-state index contributed by atoms with van der Waals surface area (Å²) in [7, 11) is 0. The Labute approximate surface area is 95.2 Å². The van der Waals surface area contributed by atoms with Crippen LogP contribution in [-0.4, -0.2) is 35.6 Å². The van der Waals surface area contributed by atoms with Crippen molar-refractivity contribution in [2.75, 3.05) is 24.6 Å². The summed E-state index contributed by atoms with van der Waals surface area (Å²) in [4.78, 5) is 17.3. The van der Waals surface area contributed by atoms with Gasteiger partial charge in [-0.05, 0) is 19.1 Å². The van der Waals surface area contributed by atoms with Crippen LogP contribution in [0.3, 0.4) is 0 Å². The van der Waals surface area contributed by atoms with Gasteiger partial charge < -0.3 is 10.0 Å². The Morgan fingerprint density at radius 2 is 2.44 bits per heavy atom. The maximum atomic E-state index is 11.2. The van der Waals surface area contributed by atoms with E-state index in [1.165, 1.54) is 6.92 Å². The molecule has 0 saturated heterocycles. The molecule has 0 atom stereocenters. The number of anilines is 1. The van der Waals surface area contributed by atoms with Crippen molar-refractivity contribution in [2.45, 2.75) is 6.92 Å². The smallest absolute Gasteiger partial charge is 0.159 e. The van der Waals surface area contributed by atoms with Crippen LogP contribution < -0.4 is 4.90 Å². The molecule has 86 valence electrons. The van der Waals surface area contributed by atoms with Gasteiger partial charge in [0, 0.05) is 24.8 Å². The molecule has 0 amide bonds. The Morgan fingerprint density at radius 3 is 3.00 bits per heavy atom. The molecule has 1 rings (SSSR count). The van der Waals surface area contributed by atoms with Crippen molar-refractivity contribution >= 4 is 11.6 Å². The lowest BCUT2D eigenvalue weighted by Gasteiger charge is -2.21. The molecule has 4 heteroatoms. The van der Waals surface area contributed by atoms with E-state index in [0.717, 1.165) is 0 Å². The van der Waals surface area contributed by atoms with Gasteiger partial charge in [-0.1, -0.05) is 6.08 Å². The molecule has 4 nitrogen and oxygen atoms in total. The SMILES string of the molecule is C=CCN(CCO)c1cc(C(C)=O)ccn1. The highest BCUT2D eigenvalue weighted by Crippen LogP contribution is 2.12. The molecule has 0 saturated carbocycles. The number of aromatic nitrogens is 1. The van der Waals surface area contributed by atoms with Gasteiger partial charge in [-0.2, -0.15) is 0 Å². The summed E-state index contributed by atoms with van der Waals surface area (Å²) in [6, 6.07) is 3.40. The third-order valence-corrected chi connectivity index (χ3v) is 2.20. The Morgan fingerprint density at radius 1 is 1.69 bits per heavy atom. The summed E-state index contributed by atoms with van der Waals surface area (Å²) in [5, 5.41) is 8.93. The zero-order valence-electron chi connectivity index (χ0n) is 9.39. The number of hydrogen-bond donors (Lipinski definition) is 1. The third kappa shape index (κ3) is 3.17. The number of pyridine rings is 1. The second kappa shape index (κ2) is 6.02. The van der Waals surface area contributed by atoms with Crippen molar-refractivity contribution in [3.8, 4) is 0 Å². The molecular formula is C12H16N2O2. The molecule has 1 heterocycles. The van der Waals surface area contributed by atoms with Crippen molar-refractivity contribution in [2.24, 2.45) is 0 Å². The normalized spacial score (nSPS) is 9.88. The second-order valence-electron chi connectivity index (χ2n) is 3.42. The van der Waals surface area contributed by atoms with E-state index in [9.17, 15) is 4.79 Å². The summed E-state index contributed by atoms with van der Waals surface area (Å²) in [6.07, 6.45) is 3.33. The molecule has 1 aromatic heterocycles. The zero-order valence-corrected chi connectivity index (χ0v) is 9.39. The molecule has 0 aliphatic carbocycles. The van der Waals surface area contributed by atoms with E-state index in [4.69, 9.17) is 5.11 Å². The molecule has 0 spiro atoms. The maximum Gasteiger partial charge on any atom is 0.159 e. The Kier molecular flexibility index (Phi) is 4.66. The molecule has 0 aliphatic rings. The molecule has 0 unspecified atom stereocenters. The van der Waals surface area contributed by atoms with E-state index < -0.39 is 0 Å². The van der Waals surface area contributed by atoms with Gasteiger partial charge in [0.2, 0.25) is 0 Å². The lowest BCUT2D eigenvalue weighted by atomic mass is 10.2. The van der Waals surface area contributed by atoms with E-state index in [1.54, 1.807) is 24.4 Å². The van der Waals surface area contributed by atoms with Crippen LogP contribution in [0.25, 0.3) is 0 Å². The average molecular weight is 220 g/mol. The van der Waals surface area contributed by atoms with Gasteiger partial charge in [-0.15, -0.1) is 6.58 Å². The number of carbonyl (C=O) groups excluding carboxylic acids is 1. The Bertz CT molecular complexity index is 377. The summed E-state index contributed by atoms with van der Waals surface area (Å²) in [6.45, 7) is 6.27. The summed E-state index contributed by atoms with van der Waals surface area (Å²) >= 11 is 0. The van der Waals surface area contributed by atoms with Gasteiger partial charge in [-0.25, -0.2) is 4.98 Å². The van der Waals surface area contributed by atoms with Gasteiger partial charge >= 0.3 is 0 Å². The van der Waals surface area contributed by atoms with Gasteiger partial charge in [-0.3, -0.25) is 4.79 Å². The summed E-state index contributed by atoms with van der Waals surface area (Å²) in [5.41, 5.74) is 0.622. The van der Waals surface area contributed by atoms with Gasteiger partial charge in [0.25, 0.3) is 0 Å². The standard InChI is InChI=1S/C12H16N2O2/c1-3-6-14(7-8-15)12-9-11(10(2)16)4-5-13-12/h3-5,9,15H,1,6-8H2,2H3. The van der Waals surface area contributed by atoms with Crippen LogP contribution in [0.15, 0.2) is 31.0 Å². The number of hydrogen-bond acceptors (Lipinski definition) is 4. The molecule has 0 bridgehead atoms. The maximum absolute atomic E-state index is 11.2. The largest absolute Gasteiger partial charge is 0.395 e. The van der Waals surface area contributed by atoms with Crippen LogP contribution >= 0.6 is 0 Å². The highest BCUT2D eigenvalue weighted by atomic mass is 16.3. The van der Waals surface area contributed by atoms with E-state index in [0.29, 0.717) is 24.5 Å². The molecule has 1 N–H and O–H groups in total. The van der Waals surface area contributed by atoms with Crippen molar-refractivity contribution in [3.05, 3.63) is 36.5 Å². The first-order valence-electron chi connectivity index (χ1n) is 5.12. The fourth-order valence-corrected chi connectivity index (χ4v) is 1.39. The predicted molar refractivity (Wildman–Crippen MR) is 63.7 cm³/mol. The van der Waals surface area contributed by atoms with Crippen LogP contribution in [0.2, 0.25) is 0 Å². The van der Waals surface area contributed by atoms with E-state index in [2.05, 4.69) is 11.6 Å². The predicted octanol–water partition coefficient (Wildman–Crippen LogP) is 1.27. The minimum absolute atomic E-state index is 0.00574. The molecule has 0 aliphatic heterocycles. The minimum Gasteiger partial charge on any atom is -0.395 e. The molecule has 16 heavy (non-hydrogen) atoms. The van der Waals surface area contributed by atoms with Crippen LogP contribution in [0.5, 0.6) is 0 Å². The number of carbonyl (C=O) groups is 1. The molecule has 0 radical (unpaired) electrons.